The largest absolute Gasteiger partial charge is 0.450 e. The maximum Gasteiger partial charge on any atom is 0.411 e. The molecule has 2 unspecified atom stereocenters. The second kappa shape index (κ2) is 56.5. The first-order chi connectivity index (χ1) is 59.0. The lowest BCUT2D eigenvalue weighted by Gasteiger charge is -2.38. The number of hydrogen-bond acceptors (Lipinski definition) is 18. The lowest BCUT2D eigenvalue weighted by Crippen LogP contribution is -2.42. The van der Waals surface area contributed by atoms with Crippen molar-refractivity contribution in [3.05, 3.63) is 0 Å². The Balaban J connectivity index is 0.000000492. The van der Waals surface area contributed by atoms with Crippen LogP contribution in [-0.4, -0.2) is 265 Å². The van der Waals surface area contributed by atoms with Crippen LogP contribution < -0.4 is 0 Å². The fourth-order valence-corrected chi connectivity index (χ4v) is 17.6. The first-order valence-corrected chi connectivity index (χ1v) is 48.9. The van der Waals surface area contributed by atoms with Gasteiger partial charge in [-0.3, -0.25) is 0 Å². The summed E-state index contributed by atoms with van der Waals surface area (Å²) in [6.07, 6.45) is 22.2. The van der Waals surface area contributed by atoms with Gasteiger partial charge < -0.3 is 86.6 Å². The van der Waals surface area contributed by atoms with Gasteiger partial charge in [0.05, 0.1) is 45.7 Å². The fraction of sp³-hybridized carbons (Fsp3) is 0.901. The summed E-state index contributed by atoms with van der Waals surface area (Å²) in [5.41, 5.74) is 2.74. The van der Waals surface area contributed by atoms with E-state index in [1.54, 1.807) is 9.80 Å². The maximum atomic E-state index is 12.0. The third kappa shape index (κ3) is 46.0. The van der Waals surface area contributed by atoms with Crippen LogP contribution in [0.2, 0.25) is 0 Å². The number of carbonyl (C=O) groups is 8. The second-order valence-electron chi connectivity index (χ2n) is 45.1. The quantitative estimate of drug-likeness (QED) is 0.0806. The summed E-state index contributed by atoms with van der Waals surface area (Å²) < 4.78 is 50.6. The summed E-state index contributed by atoms with van der Waals surface area (Å²) in [5.74, 6) is 8.04. The van der Waals surface area contributed by atoms with Crippen molar-refractivity contribution in [3.8, 4) is 12.3 Å². The number of nitrogens with zero attached hydrogens (tertiary/aromatic N) is 8. The lowest BCUT2D eigenvalue weighted by atomic mass is 9.75. The van der Waals surface area contributed by atoms with Crippen molar-refractivity contribution in [1.82, 2.24) is 39.2 Å². The van der Waals surface area contributed by atoms with Gasteiger partial charge in [0.2, 0.25) is 0 Å². The van der Waals surface area contributed by atoms with E-state index >= 15 is 0 Å². The van der Waals surface area contributed by atoms with Crippen molar-refractivity contribution in [3.63, 3.8) is 0 Å². The number of amides is 8. The van der Waals surface area contributed by atoms with E-state index in [0.717, 1.165) is 238 Å². The molecular formula is C101H188N8O18. The Morgan fingerprint density at radius 1 is 0.323 bits per heavy atom. The number of ether oxygens (including phenoxy) is 10. The van der Waals surface area contributed by atoms with Gasteiger partial charge in [-0.25, -0.2) is 38.4 Å². The molecular weight excluding hydrogens is 1610 g/mol. The van der Waals surface area contributed by atoms with Crippen molar-refractivity contribution >= 4 is 48.7 Å². The van der Waals surface area contributed by atoms with Gasteiger partial charge in [0.15, 0.2) is 6.79 Å². The van der Waals surface area contributed by atoms with E-state index in [9.17, 15) is 38.4 Å². The molecule has 2 atom stereocenters. The molecule has 127 heavy (non-hydrogen) atoms. The van der Waals surface area contributed by atoms with E-state index in [4.69, 9.17) is 53.8 Å². The zero-order chi connectivity index (χ0) is 96.5. The average Bonchev–Trinajstić information content (AvgIpc) is 1.41. The third-order valence-corrected chi connectivity index (χ3v) is 27.0. The highest BCUT2D eigenvalue weighted by Crippen LogP contribution is 2.41. The summed E-state index contributed by atoms with van der Waals surface area (Å²) in [6.45, 7) is 82.7. The summed E-state index contributed by atoms with van der Waals surface area (Å²) in [6, 6.07) is 0. The third-order valence-electron chi connectivity index (χ3n) is 27.0. The minimum absolute atomic E-state index is 0.0205. The summed E-state index contributed by atoms with van der Waals surface area (Å²) in [5, 5.41) is 0. The molecule has 9 fully saturated rings. The van der Waals surface area contributed by atoms with E-state index in [-0.39, 0.29) is 67.7 Å². The van der Waals surface area contributed by atoms with Gasteiger partial charge in [-0.1, -0.05) is 173 Å². The Morgan fingerprint density at radius 3 is 0.787 bits per heavy atom. The Labute approximate surface area is 773 Å². The summed E-state index contributed by atoms with van der Waals surface area (Å²) in [4.78, 5) is 107. The smallest absolute Gasteiger partial charge is 0.411 e. The maximum absolute atomic E-state index is 12.0. The van der Waals surface area contributed by atoms with Gasteiger partial charge in [0, 0.05) is 125 Å². The van der Waals surface area contributed by atoms with Crippen LogP contribution in [0.15, 0.2) is 0 Å². The van der Waals surface area contributed by atoms with Gasteiger partial charge in [0.1, 0.15) is 12.7 Å². The first kappa shape index (κ1) is 117. The highest BCUT2D eigenvalue weighted by Gasteiger charge is 2.40. The summed E-state index contributed by atoms with van der Waals surface area (Å²) in [7, 11) is 1.51. The first-order valence-electron chi connectivity index (χ1n) is 48.9. The molecule has 0 spiro atoms. The van der Waals surface area contributed by atoms with E-state index in [2.05, 4.69) is 172 Å². The van der Waals surface area contributed by atoms with Crippen LogP contribution in [0.5, 0.6) is 0 Å². The average molecular weight is 1800 g/mol. The molecule has 9 heterocycles. The van der Waals surface area contributed by atoms with Crippen LogP contribution in [-0.2, 0) is 47.4 Å². The molecule has 0 aromatic rings. The molecule has 9 aliphatic rings. The van der Waals surface area contributed by atoms with Crippen molar-refractivity contribution in [1.29, 1.82) is 0 Å². The molecule has 9 rings (SSSR count). The van der Waals surface area contributed by atoms with E-state index < -0.39 is 0 Å². The monoisotopic (exact) mass is 1800 g/mol. The number of hydrogen-bond donors (Lipinski definition) is 0. The number of likely N-dealkylation sites (tertiary alicyclic amines) is 8. The normalized spacial score (nSPS) is 20.2. The zero-order valence-electron chi connectivity index (χ0n) is 86.5. The van der Waals surface area contributed by atoms with Gasteiger partial charge >= 0.3 is 48.7 Å². The van der Waals surface area contributed by atoms with Crippen molar-refractivity contribution in [2.24, 2.45) is 90.7 Å². The minimum Gasteiger partial charge on any atom is -0.450 e. The Morgan fingerprint density at radius 2 is 0.559 bits per heavy atom. The van der Waals surface area contributed by atoms with Crippen LogP contribution >= 0.6 is 0 Å². The Bertz CT molecular complexity index is 3040. The van der Waals surface area contributed by atoms with Crippen molar-refractivity contribution in [2.75, 3.05) is 165 Å². The molecule has 740 valence electrons. The number of carbonyl (C=O) groups excluding carboxylic acids is 8. The van der Waals surface area contributed by atoms with E-state index in [1.807, 2.05) is 70.9 Å². The molecule has 0 saturated carbocycles. The number of methoxy groups -OCH3 is 1. The Hall–Kier alpha value is -6.36. The van der Waals surface area contributed by atoms with Crippen LogP contribution in [0, 0.1) is 103 Å². The molecule has 9 aliphatic heterocycles. The molecule has 0 N–H and O–H groups in total. The molecule has 0 radical (unpaired) electrons. The molecule has 0 aliphatic carbocycles. The topological polar surface area (TPSA) is 255 Å². The second-order valence-corrected chi connectivity index (χ2v) is 45.1. The summed E-state index contributed by atoms with van der Waals surface area (Å²) >= 11 is 0. The number of terminal acetylenes is 1. The van der Waals surface area contributed by atoms with Crippen molar-refractivity contribution < 1.29 is 85.7 Å². The van der Waals surface area contributed by atoms with E-state index in [0.29, 0.717) is 120 Å². The molecule has 0 aromatic heterocycles. The van der Waals surface area contributed by atoms with Gasteiger partial charge in [-0.2, -0.15) is 0 Å². The van der Waals surface area contributed by atoms with Crippen LogP contribution in [0.25, 0.3) is 0 Å². The van der Waals surface area contributed by atoms with Gasteiger partial charge in [-0.15, -0.1) is 12.3 Å². The Kier molecular flexibility index (Phi) is 51.9. The van der Waals surface area contributed by atoms with Crippen molar-refractivity contribution in [2.45, 2.75) is 335 Å². The SMILES string of the molecule is C#CCCOC(=O)N1CCC(C(C)(C)C)CC1.CC(C)(C)C1CCN(C(=O)OC2CCOC2)CC1.CC(C)OC(=O)N1CCC(C(C)(C)C)CC1.CCCOC(=O)N1CCC(C(C)(C)C)CC1.CCOC(=O)N1CCC(C(C)(C)C)C1.CCOC(=O)N1CCC(C(C)(C)C)CC1.CCOC(=O)N1CCC(C(C)(C)C)CC1.COCOC(=O)N1CCC(C(C)(C)C)CC1. The van der Waals surface area contributed by atoms with Crippen LogP contribution in [0.3, 0.4) is 0 Å². The predicted molar refractivity (Wildman–Crippen MR) is 509 cm³/mol. The number of piperidine rings is 7. The van der Waals surface area contributed by atoms with Crippen LogP contribution in [0.4, 0.5) is 38.4 Å². The highest BCUT2D eigenvalue weighted by atomic mass is 16.7. The highest BCUT2D eigenvalue weighted by molar-refractivity contribution is 5.71. The predicted octanol–water partition coefficient (Wildman–Crippen LogP) is 23.0. The molecule has 26 nitrogen and oxygen atoms in total. The zero-order valence-corrected chi connectivity index (χ0v) is 86.5. The van der Waals surface area contributed by atoms with Crippen LogP contribution in [0.1, 0.15) is 323 Å². The van der Waals surface area contributed by atoms with E-state index in [1.165, 1.54) is 7.11 Å². The molecule has 8 amide bonds. The number of rotatable bonds is 11. The fourth-order valence-electron chi connectivity index (χ4n) is 17.6. The molecule has 9 saturated heterocycles. The molecule has 0 bridgehead atoms. The molecule has 26 heteroatoms. The standard InChI is InChI=1S/C14H25NO3.C14H23NO2.2C13H25NO2.C12H23NO3.2C12H23NO2.C11H21NO2/c1-14(2,3)11-4-7-15(8-5-11)13(16)18-12-6-9-17-10-12;1-5-6-11-17-13(16)15-9-7-12(8-10-15)14(2,3)4;1-10(2)16-12(15)14-8-6-11(7-9-14)13(3,4)5;1-5-10-16-12(15)14-8-6-11(7-9-14)13(2,3)4;1-12(2,3)10-5-7-13(8-6-10)11(14)16-9-15-4;2*1-5-15-11(14)13-8-6-10(7-9-13)12(2,3)4;1-5-14-10(13)12-7-6-9(8-12)11(2,3)4/h11-12H,4-10H2,1-3H3;1,12H,6-11H2,2-4H3;10-11H,6-9H2,1-5H3;11H,5-10H2,1-4H3;10H,5-9H2,1-4H3;2*10H,5-9H2,1-4H3;9H,5-8H2,1-4H3. The lowest BCUT2D eigenvalue weighted by molar-refractivity contribution is -0.0110. The molecule has 0 aromatic carbocycles. The van der Waals surface area contributed by atoms with Gasteiger partial charge in [-0.05, 0) is 228 Å². The minimum atomic E-state index is -0.255. The van der Waals surface area contributed by atoms with Gasteiger partial charge in [0.25, 0.3) is 0 Å².